The van der Waals surface area contributed by atoms with Crippen LogP contribution in [0.5, 0.6) is 0 Å². The van der Waals surface area contributed by atoms with Crippen molar-refractivity contribution in [1.82, 2.24) is 9.36 Å². The first kappa shape index (κ1) is 14.1. The SMILES string of the molecule is Nc1ccc2c(=O)n(-c3ccccc3)n(C3CCCCC3)c2c1. The number of aromatic nitrogens is 2. The number of nitrogens with zero attached hydrogens (tertiary/aromatic N) is 2. The number of benzene rings is 2. The molecule has 1 fully saturated rings. The summed E-state index contributed by atoms with van der Waals surface area (Å²) in [7, 11) is 0. The Morgan fingerprint density at radius 1 is 0.957 bits per heavy atom. The average molecular weight is 307 g/mol. The van der Waals surface area contributed by atoms with E-state index in [1.807, 2.05) is 53.2 Å². The first-order valence-electron chi connectivity index (χ1n) is 8.34. The molecule has 0 unspecified atom stereocenters. The fourth-order valence-corrected chi connectivity index (χ4v) is 3.74. The van der Waals surface area contributed by atoms with Crippen LogP contribution in [0.1, 0.15) is 38.1 Å². The third-order valence-electron chi connectivity index (χ3n) is 4.83. The van der Waals surface area contributed by atoms with E-state index < -0.39 is 0 Å². The lowest BCUT2D eigenvalue weighted by Crippen LogP contribution is -2.25. The maximum absolute atomic E-state index is 13.0. The molecule has 0 amide bonds. The van der Waals surface area contributed by atoms with Crippen LogP contribution < -0.4 is 11.3 Å². The van der Waals surface area contributed by atoms with E-state index in [9.17, 15) is 4.79 Å². The molecule has 1 aromatic heterocycles. The van der Waals surface area contributed by atoms with Crippen molar-refractivity contribution in [2.75, 3.05) is 5.73 Å². The Labute approximate surface area is 135 Å². The molecule has 118 valence electrons. The summed E-state index contributed by atoms with van der Waals surface area (Å²) in [5.74, 6) is 0. The molecule has 1 heterocycles. The summed E-state index contributed by atoms with van der Waals surface area (Å²) < 4.78 is 4.02. The minimum Gasteiger partial charge on any atom is -0.399 e. The number of para-hydroxylation sites is 1. The molecule has 0 radical (unpaired) electrons. The highest BCUT2D eigenvalue weighted by atomic mass is 16.1. The van der Waals surface area contributed by atoms with E-state index in [0.29, 0.717) is 11.7 Å². The predicted octanol–water partition coefficient (Wildman–Crippen LogP) is 3.88. The van der Waals surface area contributed by atoms with E-state index >= 15 is 0 Å². The van der Waals surface area contributed by atoms with E-state index in [1.54, 1.807) is 0 Å². The van der Waals surface area contributed by atoms with Crippen molar-refractivity contribution in [2.24, 2.45) is 0 Å². The molecule has 0 aliphatic heterocycles. The Morgan fingerprint density at radius 2 is 1.70 bits per heavy atom. The van der Waals surface area contributed by atoms with E-state index in [1.165, 1.54) is 19.3 Å². The zero-order valence-corrected chi connectivity index (χ0v) is 13.1. The topological polar surface area (TPSA) is 53.0 Å². The lowest BCUT2D eigenvalue weighted by atomic mass is 9.95. The molecular weight excluding hydrogens is 286 g/mol. The molecule has 0 saturated heterocycles. The number of nitrogens with two attached hydrogens (primary N) is 1. The molecule has 0 bridgehead atoms. The van der Waals surface area contributed by atoms with Crippen molar-refractivity contribution in [3.63, 3.8) is 0 Å². The van der Waals surface area contributed by atoms with Crippen LogP contribution in [0.15, 0.2) is 53.3 Å². The van der Waals surface area contributed by atoms with Gasteiger partial charge in [-0.1, -0.05) is 37.5 Å². The van der Waals surface area contributed by atoms with E-state index in [4.69, 9.17) is 5.73 Å². The Kier molecular flexibility index (Phi) is 3.45. The van der Waals surface area contributed by atoms with E-state index in [0.717, 1.165) is 29.4 Å². The molecule has 1 saturated carbocycles. The van der Waals surface area contributed by atoms with Crippen molar-refractivity contribution in [2.45, 2.75) is 38.1 Å². The molecule has 23 heavy (non-hydrogen) atoms. The molecule has 2 aromatic carbocycles. The summed E-state index contributed by atoms with van der Waals surface area (Å²) in [6.45, 7) is 0. The molecule has 2 N–H and O–H groups in total. The predicted molar refractivity (Wildman–Crippen MR) is 94.1 cm³/mol. The largest absolute Gasteiger partial charge is 0.399 e. The number of hydrogen-bond acceptors (Lipinski definition) is 2. The Bertz CT molecular complexity index is 886. The quantitative estimate of drug-likeness (QED) is 0.730. The summed E-state index contributed by atoms with van der Waals surface area (Å²) in [6.07, 6.45) is 5.95. The molecule has 0 spiro atoms. The monoisotopic (exact) mass is 307 g/mol. The van der Waals surface area contributed by atoms with Gasteiger partial charge < -0.3 is 5.73 Å². The average Bonchev–Trinajstić information content (AvgIpc) is 2.88. The third kappa shape index (κ3) is 2.34. The second kappa shape index (κ2) is 5.61. The number of hydrogen-bond donors (Lipinski definition) is 1. The van der Waals surface area contributed by atoms with Crippen LogP contribution in [0.3, 0.4) is 0 Å². The Balaban J connectivity index is 2.03. The zero-order chi connectivity index (χ0) is 15.8. The summed E-state index contributed by atoms with van der Waals surface area (Å²) in [5, 5.41) is 0.744. The number of fused-ring (bicyclic) bond motifs is 1. The molecule has 1 aliphatic carbocycles. The molecule has 4 nitrogen and oxygen atoms in total. The smallest absolute Gasteiger partial charge is 0.279 e. The molecule has 4 rings (SSSR count). The van der Waals surface area contributed by atoms with Crippen molar-refractivity contribution >= 4 is 16.6 Å². The Hall–Kier alpha value is -2.49. The summed E-state index contributed by atoms with van der Waals surface area (Å²) in [5.41, 5.74) is 8.60. The van der Waals surface area contributed by atoms with Crippen LogP contribution in [0.25, 0.3) is 16.6 Å². The Morgan fingerprint density at radius 3 is 2.43 bits per heavy atom. The van der Waals surface area contributed by atoms with Gasteiger partial charge in [-0.3, -0.25) is 9.48 Å². The van der Waals surface area contributed by atoms with E-state index in [-0.39, 0.29) is 5.56 Å². The minimum atomic E-state index is 0.0387. The highest BCUT2D eigenvalue weighted by Crippen LogP contribution is 2.32. The van der Waals surface area contributed by atoms with Crippen molar-refractivity contribution in [1.29, 1.82) is 0 Å². The van der Waals surface area contributed by atoms with Crippen LogP contribution in [-0.2, 0) is 0 Å². The van der Waals surface area contributed by atoms with Gasteiger partial charge in [0.1, 0.15) is 0 Å². The van der Waals surface area contributed by atoms with Gasteiger partial charge in [-0.15, -0.1) is 0 Å². The molecule has 3 aromatic rings. The van der Waals surface area contributed by atoms with Gasteiger partial charge in [0.05, 0.1) is 22.6 Å². The van der Waals surface area contributed by atoms with Crippen molar-refractivity contribution in [3.8, 4) is 5.69 Å². The van der Waals surface area contributed by atoms with E-state index in [2.05, 4.69) is 4.68 Å². The normalized spacial score (nSPS) is 16.0. The first-order valence-corrected chi connectivity index (χ1v) is 8.34. The van der Waals surface area contributed by atoms with Crippen LogP contribution in [0.4, 0.5) is 5.69 Å². The lowest BCUT2D eigenvalue weighted by Gasteiger charge is -2.26. The summed E-state index contributed by atoms with van der Waals surface area (Å²) in [4.78, 5) is 13.0. The standard InChI is InChI=1S/C19H21N3O/c20-14-11-12-17-18(13-14)21(15-7-3-1-4-8-15)22(19(17)23)16-9-5-2-6-10-16/h2,5-6,9-13,15H,1,3-4,7-8,20H2. The van der Waals surface area contributed by atoms with Gasteiger partial charge in [0, 0.05) is 5.69 Å². The van der Waals surface area contributed by atoms with Gasteiger partial charge in [-0.25, -0.2) is 4.68 Å². The maximum atomic E-state index is 13.0. The van der Waals surface area contributed by atoms with Crippen LogP contribution in [0, 0.1) is 0 Å². The minimum absolute atomic E-state index is 0.0387. The van der Waals surface area contributed by atoms with Crippen LogP contribution in [0.2, 0.25) is 0 Å². The van der Waals surface area contributed by atoms with Gasteiger partial charge in [0.25, 0.3) is 5.56 Å². The summed E-state index contributed by atoms with van der Waals surface area (Å²) in [6, 6.07) is 15.8. The highest BCUT2D eigenvalue weighted by Gasteiger charge is 2.23. The molecule has 0 atom stereocenters. The lowest BCUT2D eigenvalue weighted by molar-refractivity contribution is 0.319. The molecule has 4 heteroatoms. The van der Waals surface area contributed by atoms with Crippen molar-refractivity contribution in [3.05, 3.63) is 58.9 Å². The summed E-state index contributed by atoms with van der Waals surface area (Å²) >= 11 is 0. The van der Waals surface area contributed by atoms with Crippen LogP contribution >= 0.6 is 0 Å². The highest BCUT2D eigenvalue weighted by molar-refractivity contribution is 5.82. The van der Waals surface area contributed by atoms with Crippen molar-refractivity contribution < 1.29 is 0 Å². The first-order chi connectivity index (χ1) is 11.3. The van der Waals surface area contributed by atoms with Gasteiger partial charge in [-0.05, 0) is 43.2 Å². The molecule has 1 aliphatic rings. The van der Waals surface area contributed by atoms with Gasteiger partial charge in [-0.2, -0.15) is 0 Å². The number of anilines is 1. The fourth-order valence-electron chi connectivity index (χ4n) is 3.74. The van der Waals surface area contributed by atoms with Crippen LogP contribution in [-0.4, -0.2) is 9.36 Å². The number of rotatable bonds is 2. The van der Waals surface area contributed by atoms with Gasteiger partial charge in [0.2, 0.25) is 0 Å². The second-order valence-corrected chi connectivity index (χ2v) is 6.37. The molecular formula is C19H21N3O. The maximum Gasteiger partial charge on any atom is 0.279 e. The zero-order valence-electron chi connectivity index (χ0n) is 13.1. The van der Waals surface area contributed by atoms with Gasteiger partial charge >= 0.3 is 0 Å². The van der Waals surface area contributed by atoms with Gasteiger partial charge in [0.15, 0.2) is 0 Å². The second-order valence-electron chi connectivity index (χ2n) is 6.37. The fraction of sp³-hybridized carbons (Fsp3) is 0.316. The number of nitrogen functional groups attached to an aromatic ring is 1. The third-order valence-corrected chi connectivity index (χ3v) is 4.83.